The molecule has 212 valence electrons. The maximum atomic E-state index is 11.9. The van der Waals surface area contributed by atoms with Crippen LogP contribution in [0.1, 0.15) is 90.4 Å². The van der Waals surface area contributed by atoms with Crippen LogP contribution in [0.15, 0.2) is 0 Å². The highest BCUT2D eigenvalue weighted by Crippen LogP contribution is 2.18. The number of hydrogen-bond acceptors (Lipinski definition) is 8. The third kappa shape index (κ3) is 15.2. The average molecular weight is 528 g/mol. The van der Waals surface area contributed by atoms with Crippen LogP contribution >= 0.6 is 0 Å². The number of alkyl carbamates (subject to hydrolysis) is 3. The molecule has 11 heteroatoms. The average Bonchev–Trinajstić information content (AvgIpc) is 2.88. The molecule has 0 aliphatic heterocycles. The Labute approximate surface area is 220 Å². The molecule has 2 aliphatic rings. The molecule has 0 aromatic rings. The summed E-state index contributed by atoms with van der Waals surface area (Å²) >= 11 is 0. The number of ether oxygens (including phenoxy) is 4. The number of rotatable bonds is 14. The molecule has 3 amide bonds. The van der Waals surface area contributed by atoms with Gasteiger partial charge < -0.3 is 34.9 Å². The van der Waals surface area contributed by atoms with Gasteiger partial charge in [0, 0.05) is 37.9 Å². The molecular formula is C26H45N3O8. The van der Waals surface area contributed by atoms with Gasteiger partial charge in [0.2, 0.25) is 0 Å². The fraction of sp³-hybridized carbons (Fsp3) is 0.846. The Morgan fingerprint density at radius 1 is 0.649 bits per heavy atom. The summed E-state index contributed by atoms with van der Waals surface area (Å²) in [6.45, 7) is 2.73. The Balaban J connectivity index is 1.39. The van der Waals surface area contributed by atoms with Crippen LogP contribution in [0.2, 0.25) is 0 Å². The summed E-state index contributed by atoms with van der Waals surface area (Å²) < 4.78 is 20.5. The van der Waals surface area contributed by atoms with Gasteiger partial charge in [-0.15, -0.1) is 0 Å². The second-order valence-electron chi connectivity index (χ2n) is 9.98. The van der Waals surface area contributed by atoms with Crippen molar-refractivity contribution in [2.75, 3.05) is 33.0 Å². The van der Waals surface area contributed by atoms with Gasteiger partial charge in [-0.25, -0.2) is 14.4 Å². The Kier molecular flexibility index (Phi) is 15.3. The van der Waals surface area contributed by atoms with Crippen LogP contribution in [0.5, 0.6) is 0 Å². The summed E-state index contributed by atoms with van der Waals surface area (Å²) in [5.41, 5.74) is 0. The third-order valence-electron chi connectivity index (χ3n) is 6.50. The number of esters is 1. The molecule has 3 N–H and O–H groups in total. The van der Waals surface area contributed by atoms with Gasteiger partial charge in [0.05, 0.1) is 26.4 Å². The van der Waals surface area contributed by atoms with Crippen molar-refractivity contribution < 1.29 is 38.1 Å². The maximum Gasteiger partial charge on any atom is 0.407 e. The molecule has 2 aliphatic carbocycles. The van der Waals surface area contributed by atoms with Crippen LogP contribution in [0, 0.1) is 5.92 Å². The zero-order chi connectivity index (χ0) is 26.7. The van der Waals surface area contributed by atoms with E-state index in [9.17, 15) is 19.2 Å². The van der Waals surface area contributed by atoms with E-state index in [0.717, 1.165) is 51.4 Å². The molecule has 0 radical (unpaired) electrons. The first-order valence-electron chi connectivity index (χ1n) is 13.8. The first-order valence-corrected chi connectivity index (χ1v) is 13.8. The Hall–Kier alpha value is -2.72. The summed E-state index contributed by atoms with van der Waals surface area (Å²) in [6, 6.07) is 0.393. The highest BCUT2D eigenvalue weighted by Gasteiger charge is 2.17. The van der Waals surface area contributed by atoms with Gasteiger partial charge in [-0.3, -0.25) is 4.79 Å². The smallest absolute Gasteiger partial charge is 0.407 e. The van der Waals surface area contributed by atoms with Crippen LogP contribution < -0.4 is 16.0 Å². The first-order chi connectivity index (χ1) is 17.9. The topological polar surface area (TPSA) is 141 Å². The minimum absolute atomic E-state index is 0.125. The lowest BCUT2D eigenvalue weighted by molar-refractivity contribution is -0.144. The van der Waals surface area contributed by atoms with Crippen LogP contribution in [-0.2, 0) is 23.7 Å². The quantitative estimate of drug-likeness (QED) is 0.174. The highest BCUT2D eigenvalue weighted by atomic mass is 16.6. The molecule has 0 aromatic carbocycles. The summed E-state index contributed by atoms with van der Waals surface area (Å²) in [6.07, 6.45) is 10.5. The van der Waals surface area contributed by atoms with Crippen molar-refractivity contribution in [2.24, 2.45) is 5.92 Å². The fourth-order valence-corrected chi connectivity index (χ4v) is 4.43. The van der Waals surface area contributed by atoms with E-state index in [4.69, 9.17) is 18.9 Å². The van der Waals surface area contributed by atoms with Crippen LogP contribution in [0.3, 0.4) is 0 Å². The van der Waals surface area contributed by atoms with Crippen molar-refractivity contribution in [3.05, 3.63) is 0 Å². The van der Waals surface area contributed by atoms with Gasteiger partial charge in [0.25, 0.3) is 0 Å². The van der Waals surface area contributed by atoms with Gasteiger partial charge in [-0.1, -0.05) is 45.4 Å². The van der Waals surface area contributed by atoms with Crippen LogP contribution in [-0.4, -0.2) is 69.3 Å². The van der Waals surface area contributed by atoms with E-state index in [-0.39, 0.29) is 63.4 Å². The molecule has 11 nitrogen and oxygen atoms in total. The van der Waals surface area contributed by atoms with E-state index < -0.39 is 18.3 Å². The SMILES string of the molecule is CC(CNC(=O)OCCCOC(=O)NC1CCCCC1)CC(=O)OCCCOC(=O)NC1CCCCC1. The molecule has 2 fully saturated rings. The maximum absolute atomic E-state index is 11.9. The Morgan fingerprint density at radius 3 is 1.57 bits per heavy atom. The molecule has 0 aromatic heterocycles. The van der Waals surface area contributed by atoms with Crippen molar-refractivity contribution in [1.29, 1.82) is 0 Å². The number of hydrogen-bond donors (Lipinski definition) is 3. The van der Waals surface area contributed by atoms with Crippen molar-refractivity contribution >= 4 is 24.2 Å². The second kappa shape index (κ2) is 18.5. The van der Waals surface area contributed by atoms with E-state index >= 15 is 0 Å². The molecule has 0 heterocycles. The van der Waals surface area contributed by atoms with Crippen molar-refractivity contribution in [3.8, 4) is 0 Å². The molecule has 0 spiro atoms. The molecule has 0 bridgehead atoms. The Bertz CT molecular complexity index is 693. The molecule has 1 atom stereocenters. The summed E-state index contributed by atoms with van der Waals surface area (Å²) in [7, 11) is 0. The highest BCUT2D eigenvalue weighted by molar-refractivity contribution is 5.70. The lowest BCUT2D eigenvalue weighted by atomic mass is 9.96. The first kappa shape index (κ1) is 30.5. The van der Waals surface area contributed by atoms with Gasteiger partial charge in [0.15, 0.2) is 0 Å². The summed E-state index contributed by atoms with van der Waals surface area (Å²) in [5, 5.41) is 8.34. The van der Waals surface area contributed by atoms with E-state index in [1.54, 1.807) is 0 Å². The van der Waals surface area contributed by atoms with Gasteiger partial charge in [0.1, 0.15) is 0 Å². The fourth-order valence-electron chi connectivity index (χ4n) is 4.43. The molecule has 2 rings (SSSR count). The standard InChI is InChI=1S/C26H45N3O8/c1-20(18-23(30)34-14-8-16-36-25(32)28-21-10-4-2-5-11-21)19-27-24(31)35-15-9-17-37-26(33)29-22-12-6-3-7-13-22/h20-22H,2-19H2,1H3,(H,27,31)(H,28,32)(H,29,33). The molecule has 37 heavy (non-hydrogen) atoms. The van der Waals surface area contributed by atoms with Crippen LogP contribution in [0.25, 0.3) is 0 Å². The predicted molar refractivity (Wildman–Crippen MR) is 136 cm³/mol. The summed E-state index contributed by atoms with van der Waals surface area (Å²) in [4.78, 5) is 47.3. The van der Waals surface area contributed by atoms with Gasteiger partial charge in [-0.2, -0.15) is 0 Å². The van der Waals surface area contributed by atoms with E-state index in [0.29, 0.717) is 12.8 Å². The van der Waals surface area contributed by atoms with Crippen molar-refractivity contribution in [2.45, 2.75) is 102 Å². The number of nitrogens with one attached hydrogen (secondary N) is 3. The zero-order valence-electron chi connectivity index (χ0n) is 22.2. The van der Waals surface area contributed by atoms with Crippen molar-refractivity contribution in [1.82, 2.24) is 16.0 Å². The number of carbonyl (C=O) groups is 4. The lowest BCUT2D eigenvalue weighted by Crippen LogP contribution is -2.36. The molecule has 2 saturated carbocycles. The van der Waals surface area contributed by atoms with E-state index in [1.165, 1.54) is 12.8 Å². The van der Waals surface area contributed by atoms with E-state index in [1.807, 2.05) is 6.92 Å². The number of carbonyl (C=O) groups excluding carboxylic acids is 4. The number of amides is 3. The third-order valence-corrected chi connectivity index (χ3v) is 6.50. The second-order valence-corrected chi connectivity index (χ2v) is 9.98. The molecule has 0 saturated heterocycles. The monoisotopic (exact) mass is 527 g/mol. The van der Waals surface area contributed by atoms with Crippen LogP contribution in [0.4, 0.5) is 14.4 Å². The molecule has 1 unspecified atom stereocenters. The molecular weight excluding hydrogens is 482 g/mol. The van der Waals surface area contributed by atoms with Gasteiger partial charge in [-0.05, 0) is 31.6 Å². The normalized spacial score (nSPS) is 17.2. The van der Waals surface area contributed by atoms with Gasteiger partial charge >= 0.3 is 24.2 Å². The Morgan fingerprint density at radius 2 is 1.08 bits per heavy atom. The minimum atomic E-state index is -0.587. The van der Waals surface area contributed by atoms with Crippen molar-refractivity contribution in [3.63, 3.8) is 0 Å². The summed E-state index contributed by atoms with van der Waals surface area (Å²) in [5.74, 6) is -0.512. The lowest BCUT2D eigenvalue weighted by Gasteiger charge is -2.22. The predicted octanol–water partition coefficient (Wildman–Crippen LogP) is 4.18. The largest absolute Gasteiger partial charge is 0.466 e. The zero-order valence-corrected chi connectivity index (χ0v) is 22.2. The van der Waals surface area contributed by atoms with E-state index in [2.05, 4.69) is 16.0 Å². The minimum Gasteiger partial charge on any atom is -0.466 e.